The van der Waals surface area contributed by atoms with E-state index in [-0.39, 0.29) is 11.9 Å². The van der Waals surface area contributed by atoms with E-state index in [0.717, 1.165) is 30.9 Å². The van der Waals surface area contributed by atoms with Crippen molar-refractivity contribution in [1.29, 1.82) is 0 Å². The van der Waals surface area contributed by atoms with Gasteiger partial charge in [0.05, 0.1) is 4.47 Å². The average Bonchev–Trinajstić information content (AvgIpc) is 2.93. The second-order valence-corrected chi connectivity index (χ2v) is 5.73. The van der Waals surface area contributed by atoms with Gasteiger partial charge in [-0.05, 0) is 53.5 Å². The summed E-state index contributed by atoms with van der Waals surface area (Å²) in [5.41, 5.74) is 0.926. The molecular weight excluding hydrogens is 335 g/mol. The lowest BCUT2D eigenvalue weighted by atomic mass is 10.0. The van der Waals surface area contributed by atoms with E-state index in [9.17, 15) is 4.39 Å². The number of rotatable bonds is 7. The summed E-state index contributed by atoms with van der Waals surface area (Å²) in [5.74, 6) is 0.669. The van der Waals surface area contributed by atoms with Gasteiger partial charge in [0.1, 0.15) is 18.0 Å². The van der Waals surface area contributed by atoms with E-state index < -0.39 is 0 Å². The second-order valence-electron chi connectivity index (χ2n) is 4.88. The number of hydrogen-bond acceptors (Lipinski definition) is 3. The van der Waals surface area contributed by atoms with Gasteiger partial charge in [0.2, 0.25) is 0 Å². The van der Waals surface area contributed by atoms with Crippen LogP contribution < -0.4 is 5.32 Å². The van der Waals surface area contributed by atoms with Gasteiger partial charge in [-0.1, -0.05) is 13.0 Å². The third-order valence-corrected chi connectivity index (χ3v) is 4.01. The Morgan fingerprint density at radius 1 is 1.38 bits per heavy atom. The van der Waals surface area contributed by atoms with E-state index in [1.165, 1.54) is 0 Å². The fourth-order valence-electron chi connectivity index (χ4n) is 2.25. The number of nitrogens with zero attached hydrogens (tertiary/aromatic N) is 3. The predicted octanol–water partition coefficient (Wildman–Crippen LogP) is 3.48. The van der Waals surface area contributed by atoms with Crippen molar-refractivity contribution < 1.29 is 4.39 Å². The molecule has 1 N–H and O–H groups in total. The molecule has 1 aromatic carbocycles. The van der Waals surface area contributed by atoms with Gasteiger partial charge in [0, 0.05) is 19.0 Å². The summed E-state index contributed by atoms with van der Waals surface area (Å²) < 4.78 is 16.1. The smallest absolute Gasteiger partial charge is 0.138 e. The molecule has 0 aliphatic carbocycles. The predicted molar refractivity (Wildman–Crippen MR) is 84.5 cm³/mol. The molecule has 21 heavy (non-hydrogen) atoms. The van der Waals surface area contributed by atoms with Crippen LogP contribution in [0.25, 0.3) is 0 Å². The van der Waals surface area contributed by atoms with Crippen LogP contribution in [0.1, 0.15) is 37.7 Å². The van der Waals surface area contributed by atoms with Crippen LogP contribution in [-0.4, -0.2) is 21.3 Å². The third-order valence-electron chi connectivity index (χ3n) is 3.37. The van der Waals surface area contributed by atoms with Crippen LogP contribution in [0.15, 0.2) is 29.0 Å². The topological polar surface area (TPSA) is 42.7 Å². The molecule has 6 heteroatoms. The summed E-state index contributed by atoms with van der Waals surface area (Å²) in [6, 6.07) is 5.29. The highest BCUT2D eigenvalue weighted by Gasteiger charge is 2.16. The van der Waals surface area contributed by atoms with Crippen LogP contribution in [0.5, 0.6) is 0 Å². The second kappa shape index (κ2) is 7.66. The number of aryl methyl sites for hydroxylation is 1. The maximum atomic E-state index is 13.8. The van der Waals surface area contributed by atoms with Crippen LogP contribution in [-0.2, 0) is 13.0 Å². The van der Waals surface area contributed by atoms with Crippen molar-refractivity contribution in [1.82, 2.24) is 20.1 Å². The molecule has 1 atom stereocenters. The molecule has 114 valence electrons. The quantitative estimate of drug-likeness (QED) is 0.827. The molecule has 0 aliphatic heterocycles. The lowest BCUT2D eigenvalue weighted by molar-refractivity contribution is 0.493. The van der Waals surface area contributed by atoms with E-state index in [2.05, 4.69) is 38.3 Å². The summed E-state index contributed by atoms with van der Waals surface area (Å²) in [4.78, 5) is 4.31. The highest BCUT2D eigenvalue weighted by Crippen LogP contribution is 2.23. The number of nitrogens with one attached hydrogen (secondary N) is 1. The zero-order chi connectivity index (χ0) is 15.2. The van der Waals surface area contributed by atoms with E-state index in [0.29, 0.717) is 10.9 Å². The maximum absolute atomic E-state index is 13.8. The highest BCUT2D eigenvalue weighted by molar-refractivity contribution is 9.10. The molecule has 2 aromatic rings. The maximum Gasteiger partial charge on any atom is 0.138 e. The van der Waals surface area contributed by atoms with Crippen molar-refractivity contribution in [3.63, 3.8) is 0 Å². The lowest BCUT2D eigenvalue weighted by Gasteiger charge is -2.19. The van der Waals surface area contributed by atoms with Crippen LogP contribution in [0.3, 0.4) is 0 Å². The van der Waals surface area contributed by atoms with Crippen molar-refractivity contribution in [3.8, 4) is 0 Å². The van der Waals surface area contributed by atoms with Gasteiger partial charge in [-0.2, -0.15) is 5.10 Å². The molecule has 0 radical (unpaired) electrons. The molecular formula is C15H20BrFN4. The minimum Gasteiger partial charge on any atom is -0.310 e. The van der Waals surface area contributed by atoms with Crippen molar-refractivity contribution in [2.45, 2.75) is 39.3 Å². The Morgan fingerprint density at radius 3 is 2.86 bits per heavy atom. The zero-order valence-corrected chi connectivity index (χ0v) is 13.9. The van der Waals surface area contributed by atoms with Crippen LogP contribution in [0.2, 0.25) is 0 Å². The van der Waals surface area contributed by atoms with E-state index >= 15 is 0 Å². The molecule has 4 nitrogen and oxygen atoms in total. The van der Waals surface area contributed by atoms with Crippen molar-refractivity contribution >= 4 is 15.9 Å². The molecule has 0 fully saturated rings. The van der Waals surface area contributed by atoms with Crippen LogP contribution in [0, 0.1) is 5.82 Å². The minimum atomic E-state index is -0.243. The van der Waals surface area contributed by atoms with Gasteiger partial charge in [-0.15, -0.1) is 0 Å². The number of hydrogen-bond donors (Lipinski definition) is 1. The van der Waals surface area contributed by atoms with E-state index in [4.69, 9.17) is 0 Å². The molecule has 0 spiro atoms. The number of benzene rings is 1. The number of aromatic nitrogens is 3. The van der Waals surface area contributed by atoms with Gasteiger partial charge in [0.25, 0.3) is 0 Å². The monoisotopic (exact) mass is 354 g/mol. The third kappa shape index (κ3) is 4.11. The Morgan fingerprint density at radius 2 is 2.19 bits per heavy atom. The first-order chi connectivity index (χ1) is 10.2. The number of halogens is 2. The standard InChI is InChI=1S/C15H20BrFN4/c1-3-7-18-14(9-15-19-10-20-21(15)4-2)11-5-6-12(16)13(17)8-11/h5-6,8,10,14,18H,3-4,7,9H2,1-2H3. The van der Waals surface area contributed by atoms with Gasteiger partial charge in [-0.3, -0.25) is 4.68 Å². The van der Waals surface area contributed by atoms with Crippen molar-refractivity contribution in [2.75, 3.05) is 6.54 Å². The van der Waals surface area contributed by atoms with E-state index in [1.54, 1.807) is 18.5 Å². The zero-order valence-electron chi connectivity index (χ0n) is 12.3. The lowest BCUT2D eigenvalue weighted by Crippen LogP contribution is -2.25. The van der Waals surface area contributed by atoms with Gasteiger partial charge in [0.15, 0.2) is 0 Å². The van der Waals surface area contributed by atoms with Gasteiger partial charge < -0.3 is 5.32 Å². The Balaban J connectivity index is 2.23. The average molecular weight is 355 g/mol. The first-order valence-electron chi connectivity index (χ1n) is 7.20. The summed E-state index contributed by atoms with van der Waals surface area (Å²) in [6.45, 7) is 5.81. The Hall–Kier alpha value is -1.27. The Labute approximate surface area is 132 Å². The highest BCUT2D eigenvalue weighted by atomic mass is 79.9. The fraction of sp³-hybridized carbons (Fsp3) is 0.467. The normalized spacial score (nSPS) is 12.6. The van der Waals surface area contributed by atoms with Gasteiger partial charge >= 0.3 is 0 Å². The molecule has 0 bridgehead atoms. The van der Waals surface area contributed by atoms with Crippen LogP contribution >= 0.6 is 15.9 Å². The summed E-state index contributed by atoms with van der Waals surface area (Å²) in [7, 11) is 0. The summed E-state index contributed by atoms with van der Waals surface area (Å²) in [6.07, 6.45) is 3.28. The molecule has 0 saturated heterocycles. The SMILES string of the molecule is CCCNC(Cc1ncnn1CC)c1ccc(Br)c(F)c1. The largest absolute Gasteiger partial charge is 0.310 e. The molecule has 0 amide bonds. The molecule has 0 saturated carbocycles. The first-order valence-corrected chi connectivity index (χ1v) is 8.00. The van der Waals surface area contributed by atoms with E-state index in [1.807, 2.05) is 17.7 Å². The molecule has 1 unspecified atom stereocenters. The molecule has 1 heterocycles. The molecule has 1 aromatic heterocycles. The summed E-state index contributed by atoms with van der Waals surface area (Å²) >= 11 is 3.19. The van der Waals surface area contributed by atoms with Crippen molar-refractivity contribution in [3.05, 3.63) is 46.2 Å². The fourth-order valence-corrected chi connectivity index (χ4v) is 2.50. The summed E-state index contributed by atoms with van der Waals surface area (Å²) in [5, 5.41) is 7.65. The molecule has 2 rings (SSSR count). The first kappa shape index (κ1) is 16.1. The van der Waals surface area contributed by atoms with Crippen molar-refractivity contribution in [2.24, 2.45) is 0 Å². The van der Waals surface area contributed by atoms with Gasteiger partial charge in [-0.25, -0.2) is 9.37 Å². The molecule has 0 aliphatic rings. The Bertz CT molecular complexity index is 585. The minimum absolute atomic E-state index is 0.0297. The van der Waals surface area contributed by atoms with Crippen LogP contribution in [0.4, 0.5) is 4.39 Å². The Kier molecular flexibility index (Phi) is 5.87.